The number of nitro benzene ring substituents is 1. The van der Waals surface area contributed by atoms with Crippen LogP contribution < -0.4 is 0 Å². The maximum Gasteiger partial charge on any atom is 0.271 e. The average Bonchev–Trinajstić information content (AvgIpc) is 2.38. The summed E-state index contributed by atoms with van der Waals surface area (Å²) in [5, 5.41) is 20.2. The van der Waals surface area contributed by atoms with Gasteiger partial charge in [0.05, 0.1) is 11.0 Å². The fourth-order valence-corrected chi connectivity index (χ4v) is 2.54. The van der Waals surface area contributed by atoms with Gasteiger partial charge in [-0.15, -0.1) is 0 Å². The molecule has 0 aliphatic carbocycles. The van der Waals surface area contributed by atoms with Crippen molar-refractivity contribution in [3.8, 4) is 0 Å². The van der Waals surface area contributed by atoms with Crippen LogP contribution in [-0.2, 0) is 0 Å². The molecular formula is C12H13BrN2O4. The number of non-ortho nitro benzene ring substituents is 1. The average molecular weight is 329 g/mol. The van der Waals surface area contributed by atoms with Gasteiger partial charge in [0.25, 0.3) is 11.6 Å². The Bertz CT molecular complexity index is 512. The smallest absolute Gasteiger partial charge is 0.271 e. The van der Waals surface area contributed by atoms with E-state index < -0.39 is 4.92 Å². The molecule has 0 saturated carbocycles. The van der Waals surface area contributed by atoms with E-state index in [1.165, 1.54) is 12.1 Å². The molecule has 0 radical (unpaired) electrons. The van der Waals surface area contributed by atoms with Crippen LogP contribution in [0.15, 0.2) is 22.7 Å². The normalized spacial score (nSPS) is 16.4. The number of carbonyl (C=O) groups is 1. The molecule has 0 unspecified atom stereocenters. The number of hydrogen-bond donors (Lipinski definition) is 1. The van der Waals surface area contributed by atoms with Gasteiger partial charge in [-0.3, -0.25) is 14.9 Å². The summed E-state index contributed by atoms with van der Waals surface area (Å²) in [6, 6.07) is 4.20. The van der Waals surface area contributed by atoms with Crippen molar-refractivity contribution in [3.05, 3.63) is 38.3 Å². The number of hydrogen-bond acceptors (Lipinski definition) is 4. The van der Waals surface area contributed by atoms with E-state index in [-0.39, 0.29) is 23.3 Å². The Hall–Kier alpha value is -1.47. The Labute approximate surface area is 118 Å². The van der Waals surface area contributed by atoms with Crippen molar-refractivity contribution in [3.63, 3.8) is 0 Å². The molecule has 0 spiro atoms. The molecule has 1 heterocycles. The van der Waals surface area contributed by atoms with Gasteiger partial charge in [-0.2, -0.15) is 0 Å². The summed E-state index contributed by atoms with van der Waals surface area (Å²) < 4.78 is 0.502. The molecule has 1 aliphatic rings. The Morgan fingerprint density at radius 3 is 2.58 bits per heavy atom. The van der Waals surface area contributed by atoms with Crippen molar-refractivity contribution >= 4 is 27.5 Å². The predicted octanol–water partition coefficient (Wildman–Crippen LogP) is 1.95. The Kier molecular flexibility index (Phi) is 4.16. The fraction of sp³-hybridized carbons (Fsp3) is 0.417. The lowest BCUT2D eigenvalue weighted by Crippen LogP contribution is -2.40. The van der Waals surface area contributed by atoms with Crippen LogP contribution >= 0.6 is 15.9 Å². The number of likely N-dealkylation sites (tertiary alicyclic amines) is 1. The van der Waals surface area contributed by atoms with Gasteiger partial charge in [-0.05, 0) is 18.9 Å². The largest absolute Gasteiger partial charge is 0.393 e. The van der Waals surface area contributed by atoms with Crippen LogP contribution in [0, 0.1) is 10.1 Å². The second-order valence-electron chi connectivity index (χ2n) is 4.48. The zero-order valence-corrected chi connectivity index (χ0v) is 11.7. The van der Waals surface area contributed by atoms with E-state index in [1.54, 1.807) is 11.0 Å². The second-order valence-corrected chi connectivity index (χ2v) is 5.39. The number of nitrogens with zero attached hydrogens (tertiary/aromatic N) is 2. The van der Waals surface area contributed by atoms with Crippen molar-refractivity contribution in [2.45, 2.75) is 18.9 Å². The van der Waals surface area contributed by atoms with Gasteiger partial charge in [0.15, 0.2) is 0 Å². The van der Waals surface area contributed by atoms with Crippen molar-refractivity contribution in [1.82, 2.24) is 4.90 Å². The minimum absolute atomic E-state index is 0.116. The van der Waals surface area contributed by atoms with E-state index in [1.807, 2.05) is 0 Å². The van der Waals surface area contributed by atoms with Gasteiger partial charge in [0, 0.05) is 35.3 Å². The number of rotatable bonds is 2. The highest BCUT2D eigenvalue weighted by Gasteiger charge is 2.23. The van der Waals surface area contributed by atoms with Crippen LogP contribution in [0.25, 0.3) is 0 Å². The van der Waals surface area contributed by atoms with E-state index in [2.05, 4.69) is 15.9 Å². The molecular weight excluding hydrogens is 316 g/mol. The van der Waals surface area contributed by atoms with Crippen molar-refractivity contribution in [2.75, 3.05) is 13.1 Å². The molecule has 1 saturated heterocycles. The number of amides is 1. The highest BCUT2D eigenvalue weighted by Crippen LogP contribution is 2.23. The van der Waals surface area contributed by atoms with E-state index in [0.717, 1.165) is 0 Å². The molecule has 1 aromatic carbocycles. The third-order valence-electron chi connectivity index (χ3n) is 3.09. The first-order chi connectivity index (χ1) is 8.97. The quantitative estimate of drug-likeness (QED) is 0.664. The van der Waals surface area contributed by atoms with Crippen LogP contribution in [0.5, 0.6) is 0 Å². The molecule has 0 bridgehead atoms. The Balaban J connectivity index is 2.21. The molecule has 7 heteroatoms. The van der Waals surface area contributed by atoms with E-state index in [0.29, 0.717) is 30.4 Å². The Morgan fingerprint density at radius 2 is 2.00 bits per heavy atom. The molecule has 0 aromatic heterocycles. The van der Waals surface area contributed by atoms with Gasteiger partial charge in [0.1, 0.15) is 0 Å². The van der Waals surface area contributed by atoms with Gasteiger partial charge in [-0.25, -0.2) is 0 Å². The van der Waals surface area contributed by atoms with Gasteiger partial charge in [-0.1, -0.05) is 15.9 Å². The van der Waals surface area contributed by atoms with Crippen molar-refractivity contribution in [1.29, 1.82) is 0 Å². The minimum Gasteiger partial charge on any atom is -0.393 e. The number of nitro groups is 1. The molecule has 1 amide bonds. The zero-order chi connectivity index (χ0) is 14.0. The van der Waals surface area contributed by atoms with Crippen molar-refractivity contribution in [2.24, 2.45) is 0 Å². The third-order valence-corrected chi connectivity index (χ3v) is 3.55. The van der Waals surface area contributed by atoms with Gasteiger partial charge < -0.3 is 10.0 Å². The molecule has 1 aromatic rings. The van der Waals surface area contributed by atoms with E-state index in [4.69, 9.17) is 0 Å². The van der Waals surface area contributed by atoms with Crippen LogP contribution in [0.1, 0.15) is 23.2 Å². The summed E-state index contributed by atoms with van der Waals surface area (Å²) in [5.74, 6) is -0.240. The number of aliphatic hydroxyl groups excluding tert-OH is 1. The first kappa shape index (κ1) is 14.0. The number of benzene rings is 1. The highest BCUT2D eigenvalue weighted by atomic mass is 79.9. The molecule has 102 valence electrons. The first-order valence-corrected chi connectivity index (χ1v) is 6.69. The zero-order valence-electron chi connectivity index (χ0n) is 10.1. The Morgan fingerprint density at radius 1 is 1.37 bits per heavy atom. The number of carbonyl (C=O) groups excluding carboxylic acids is 1. The van der Waals surface area contributed by atoms with E-state index >= 15 is 0 Å². The number of halogens is 1. The molecule has 6 nitrogen and oxygen atoms in total. The molecule has 2 rings (SSSR count). The third kappa shape index (κ3) is 3.30. The van der Waals surface area contributed by atoms with E-state index in [9.17, 15) is 20.0 Å². The van der Waals surface area contributed by atoms with Gasteiger partial charge >= 0.3 is 0 Å². The summed E-state index contributed by atoms with van der Waals surface area (Å²) in [5.41, 5.74) is 0.173. The summed E-state index contributed by atoms with van der Waals surface area (Å²) >= 11 is 3.17. The summed E-state index contributed by atoms with van der Waals surface area (Å²) in [6.07, 6.45) is 0.727. The lowest BCUT2D eigenvalue weighted by molar-refractivity contribution is -0.385. The van der Waals surface area contributed by atoms with Crippen molar-refractivity contribution < 1.29 is 14.8 Å². The first-order valence-electron chi connectivity index (χ1n) is 5.89. The molecule has 1 fully saturated rings. The second kappa shape index (κ2) is 5.66. The molecule has 1 aliphatic heterocycles. The summed E-state index contributed by atoms with van der Waals surface area (Å²) in [4.78, 5) is 24.1. The van der Waals surface area contributed by atoms with Crippen LogP contribution in [0.2, 0.25) is 0 Å². The topological polar surface area (TPSA) is 83.7 Å². The maximum absolute atomic E-state index is 12.2. The molecule has 0 atom stereocenters. The lowest BCUT2D eigenvalue weighted by Gasteiger charge is -2.29. The fourth-order valence-electron chi connectivity index (χ4n) is 2.05. The van der Waals surface area contributed by atoms with Crippen LogP contribution in [0.3, 0.4) is 0 Å². The number of piperidine rings is 1. The minimum atomic E-state index is -0.526. The lowest BCUT2D eigenvalue weighted by atomic mass is 10.1. The monoisotopic (exact) mass is 328 g/mol. The number of aliphatic hydroxyl groups is 1. The summed E-state index contributed by atoms with van der Waals surface area (Å²) in [7, 11) is 0. The maximum atomic E-state index is 12.2. The molecule has 19 heavy (non-hydrogen) atoms. The summed E-state index contributed by atoms with van der Waals surface area (Å²) in [6.45, 7) is 0.945. The van der Waals surface area contributed by atoms with Crippen LogP contribution in [-0.4, -0.2) is 40.0 Å². The highest BCUT2D eigenvalue weighted by molar-refractivity contribution is 9.10. The molecule has 1 N–H and O–H groups in total. The van der Waals surface area contributed by atoms with Crippen LogP contribution in [0.4, 0.5) is 5.69 Å². The SMILES string of the molecule is O=C(c1cc(Br)cc([N+](=O)[O-])c1)N1CCC(O)CC1. The predicted molar refractivity (Wildman–Crippen MR) is 71.9 cm³/mol. The standard InChI is InChI=1S/C12H13BrN2O4/c13-9-5-8(6-10(7-9)15(18)19)12(17)14-3-1-11(16)2-4-14/h5-7,11,16H,1-4H2. The van der Waals surface area contributed by atoms with Gasteiger partial charge in [0.2, 0.25) is 0 Å².